The number of halogens is 1. The minimum Gasteiger partial charge on any atom is -0.345 e. The van der Waals surface area contributed by atoms with Crippen LogP contribution in [0, 0.1) is 6.92 Å². The summed E-state index contributed by atoms with van der Waals surface area (Å²) in [6.45, 7) is 3.96. The maximum Gasteiger partial charge on any atom is 0.261 e. The van der Waals surface area contributed by atoms with Gasteiger partial charge in [-0.3, -0.25) is 9.48 Å². The molecule has 2 aromatic heterocycles. The summed E-state index contributed by atoms with van der Waals surface area (Å²) >= 11 is 4.78. The van der Waals surface area contributed by atoms with Crippen molar-refractivity contribution in [2.24, 2.45) is 7.05 Å². The summed E-state index contributed by atoms with van der Waals surface area (Å²) < 4.78 is 2.76. The van der Waals surface area contributed by atoms with Crippen LogP contribution in [0.1, 0.15) is 33.9 Å². The number of carbonyl (C=O) groups is 1. The summed E-state index contributed by atoms with van der Waals surface area (Å²) in [5, 5.41) is 7.16. The SMILES string of the molecule is Cc1c([C@@H](C)NC(=O)c2ccc(Br)s2)cnn1C. The number of aryl methyl sites for hydroxylation is 1. The van der Waals surface area contributed by atoms with E-state index in [0.717, 1.165) is 15.0 Å². The molecule has 0 spiro atoms. The van der Waals surface area contributed by atoms with Gasteiger partial charge in [-0.1, -0.05) is 0 Å². The van der Waals surface area contributed by atoms with E-state index in [1.807, 2.05) is 33.0 Å². The quantitative estimate of drug-likeness (QED) is 0.941. The number of aromatic nitrogens is 2. The molecule has 0 aliphatic heterocycles. The van der Waals surface area contributed by atoms with E-state index in [1.165, 1.54) is 11.3 Å². The molecule has 6 heteroatoms. The highest BCUT2D eigenvalue weighted by molar-refractivity contribution is 9.11. The van der Waals surface area contributed by atoms with Crippen molar-refractivity contribution in [3.05, 3.63) is 38.3 Å². The Bertz CT molecular complexity index is 576. The van der Waals surface area contributed by atoms with Crippen LogP contribution in [0.25, 0.3) is 0 Å². The number of nitrogens with one attached hydrogen (secondary N) is 1. The maximum atomic E-state index is 12.0. The molecule has 2 aromatic rings. The van der Waals surface area contributed by atoms with Crippen LogP contribution in [0.5, 0.6) is 0 Å². The summed E-state index contributed by atoms with van der Waals surface area (Å²) in [5.74, 6) is -0.0542. The fraction of sp³-hybridized carbons (Fsp3) is 0.333. The fourth-order valence-electron chi connectivity index (χ4n) is 1.72. The first-order chi connectivity index (χ1) is 8.49. The van der Waals surface area contributed by atoms with Crippen molar-refractivity contribution in [2.45, 2.75) is 19.9 Å². The maximum absolute atomic E-state index is 12.0. The molecule has 0 bridgehead atoms. The van der Waals surface area contributed by atoms with Crippen LogP contribution in [0.2, 0.25) is 0 Å². The third-order valence-electron chi connectivity index (χ3n) is 2.88. The number of thiophene rings is 1. The molecule has 1 atom stereocenters. The Kier molecular flexibility index (Phi) is 3.87. The summed E-state index contributed by atoms with van der Waals surface area (Å²) in [6, 6.07) is 3.64. The van der Waals surface area contributed by atoms with E-state index >= 15 is 0 Å². The predicted molar refractivity (Wildman–Crippen MR) is 75.8 cm³/mol. The normalized spacial score (nSPS) is 12.4. The van der Waals surface area contributed by atoms with Crippen LogP contribution in [-0.4, -0.2) is 15.7 Å². The van der Waals surface area contributed by atoms with Gasteiger partial charge in [-0.05, 0) is 41.9 Å². The van der Waals surface area contributed by atoms with Crippen LogP contribution in [-0.2, 0) is 7.05 Å². The third-order valence-corrected chi connectivity index (χ3v) is 4.51. The van der Waals surface area contributed by atoms with Crippen LogP contribution in [0.4, 0.5) is 0 Å². The second kappa shape index (κ2) is 5.24. The van der Waals surface area contributed by atoms with Gasteiger partial charge in [0.2, 0.25) is 0 Å². The second-order valence-electron chi connectivity index (χ2n) is 4.11. The van der Waals surface area contributed by atoms with E-state index in [0.29, 0.717) is 4.88 Å². The molecule has 0 radical (unpaired) electrons. The van der Waals surface area contributed by atoms with E-state index < -0.39 is 0 Å². The molecular formula is C12H14BrN3OS. The van der Waals surface area contributed by atoms with Crippen LogP contribution >= 0.6 is 27.3 Å². The van der Waals surface area contributed by atoms with Crippen LogP contribution < -0.4 is 5.32 Å². The minimum atomic E-state index is -0.0542. The highest BCUT2D eigenvalue weighted by atomic mass is 79.9. The van der Waals surface area contributed by atoms with Gasteiger partial charge in [0.15, 0.2) is 0 Å². The Morgan fingerprint density at radius 2 is 2.28 bits per heavy atom. The van der Waals surface area contributed by atoms with Gasteiger partial charge >= 0.3 is 0 Å². The molecule has 0 fully saturated rings. The molecule has 0 unspecified atom stereocenters. The van der Waals surface area contributed by atoms with E-state index in [9.17, 15) is 4.79 Å². The summed E-state index contributed by atoms with van der Waals surface area (Å²) in [6.07, 6.45) is 1.80. The second-order valence-corrected chi connectivity index (χ2v) is 6.57. The van der Waals surface area contributed by atoms with Gasteiger partial charge in [-0.15, -0.1) is 11.3 Å². The Balaban J connectivity index is 2.10. The van der Waals surface area contributed by atoms with Crippen molar-refractivity contribution < 1.29 is 4.79 Å². The standard InChI is InChI=1S/C12H14BrN3OS/c1-7(9-6-14-16(3)8(9)2)15-12(17)10-4-5-11(13)18-10/h4-7H,1-3H3,(H,15,17)/t7-/m1/s1. The highest BCUT2D eigenvalue weighted by Crippen LogP contribution is 2.23. The van der Waals surface area contributed by atoms with Gasteiger partial charge in [-0.25, -0.2) is 0 Å². The third kappa shape index (κ3) is 2.64. The average Bonchev–Trinajstić information content (AvgIpc) is 2.87. The number of rotatable bonds is 3. The Hall–Kier alpha value is -1.14. The number of hydrogen-bond donors (Lipinski definition) is 1. The molecule has 2 heterocycles. The van der Waals surface area contributed by atoms with Gasteiger partial charge in [0.1, 0.15) is 0 Å². The molecule has 0 saturated carbocycles. The molecule has 1 amide bonds. The average molecular weight is 328 g/mol. The van der Waals surface area contributed by atoms with E-state index in [2.05, 4.69) is 26.3 Å². The van der Waals surface area contributed by atoms with Crippen molar-refractivity contribution in [1.82, 2.24) is 15.1 Å². The molecular weight excluding hydrogens is 314 g/mol. The molecule has 0 aliphatic carbocycles. The smallest absolute Gasteiger partial charge is 0.261 e. The van der Waals surface area contributed by atoms with Crippen LogP contribution in [0.15, 0.2) is 22.1 Å². The zero-order chi connectivity index (χ0) is 13.3. The molecule has 2 rings (SSSR count). The van der Waals surface area contributed by atoms with Gasteiger partial charge in [-0.2, -0.15) is 5.10 Å². The first kappa shape index (κ1) is 13.3. The summed E-state index contributed by atoms with van der Waals surface area (Å²) in [7, 11) is 1.89. The van der Waals surface area contributed by atoms with Gasteiger partial charge in [0.05, 0.1) is 20.9 Å². The lowest BCUT2D eigenvalue weighted by molar-refractivity contribution is 0.0944. The van der Waals surface area contributed by atoms with Crippen molar-refractivity contribution in [1.29, 1.82) is 0 Å². The van der Waals surface area contributed by atoms with Crippen molar-refractivity contribution in [3.8, 4) is 0 Å². The van der Waals surface area contributed by atoms with Crippen molar-refractivity contribution in [2.75, 3.05) is 0 Å². The number of amides is 1. The van der Waals surface area contributed by atoms with Gasteiger partial charge in [0.25, 0.3) is 5.91 Å². The Labute approximate surface area is 118 Å². The van der Waals surface area contributed by atoms with E-state index in [4.69, 9.17) is 0 Å². The molecule has 18 heavy (non-hydrogen) atoms. The Morgan fingerprint density at radius 1 is 1.56 bits per heavy atom. The summed E-state index contributed by atoms with van der Waals surface area (Å²) in [4.78, 5) is 12.7. The molecule has 96 valence electrons. The molecule has 0 saturated heterocycles. The zero-order valence-corrected chi connectivity index (χ0v) is 12.8. The number of nitrogens with zero attached hydrogens (tertiary/aromatic N) is 2. The van der Waals surface area contributed by atoms with E-state index in [1.54, 1.807) is 10.9 Å². The molecule has 1 N–H and O–H groups in total. The number of carbonyl (C=O) groups excluding carboxylic acids is 1. The topological polar surface area (TPSA) is 46.9 Å². The van der Waals surface area contributed by atoms with Crippen molar-refractivity contribution in [3.63, 3.8) is 0 Å². The highest BCUT2D eigenvalue weighted by Gasteiger charge is 2.16. The van der Waals surface area contributed by atoms with E-state index in [-0.39, 0.29) is 11.9 Å². The monoisotopic (exact) mass is 327 g/mol. The van der Waals surface area contributed by atoms with Gasteiger partial charge < -0.3 is 5.32 Å². The Morgan fingerprint density at radius 3 is 2.78 bits per heavy atom. The fourth-order valence-corrected chi connectivity index (χ4v) is 3.01. The molecule has 4 nitrogen and oxygen atoms in total. The van der Waals surface area contributed by atoms with Crippen LogP contribution in [0.3, 0.4) is 0 Å². The largest absolute Gasteiger partial charge is 0.345 e. The summed E-state index contributed by atoms with van der Waals surface area (Å²) in [5.41, 5.74) is 2.11. The lowest BCUT2D eigenvalue weighted by Crippen LogP contribution is -2.26. The molecule has 0 aliphatic rings. The minimum absolute atomic E-state index is 0.0490. The van der Waals surface area contributed by atoms with Crippen molar-refractivity contribution >= 4 is 33.2 Å². The first-order valence-electron chi connectivity index (χ1n) is 5.53. The predicted octanol–water partition coefficient (Wildman–Crippen LogP) is 3.04. The lowest BCUT2D eigenvalue weighted by Gasteiger charge is -2.12. The number of hydrogen-bond acceptors (Lipinski definition) is 3. The first-order valence-corrected chi connectivity index (χ1v) is 7.14. The van der Waals surface area contributed by atoms with Gasteiger partial charge in [0, 0.05) is 18.3 Å². The molecule has 0 aromatic carbocycles. The zero-order valence-electron chi connectivity index (χ0n) is 10.4. The lowest BCUT2D eigenvalue weighted by atomic mass is 10.1.